The van der Waals surface area contributed by atoms with Crippen molar-refractivity contribution in [3.8, 4) is 0 Å². The molecule has 0 radical (unpaired) electrons. The standard InChI is InChI=1S/C15H18N4O3S/c1-10(2)19-8-14(16-9-19)23(21,22)18-13-7-11-5-3-4-6-12(11)17-15(13)20/h3-6,8-10,13,18H,7H2,1-2H3,(H,17,20). The number of sulfonamides is 1. The van der Waals surface area contributed by atoms with Crippen LogP contribution in [0, 0.1) is 0 Å². The number of fused-ring (bicyclic) bond motifs is 1. The van der Waals surface area contributed by atoms with Gasteiger partial charge in [-0.15, -0.1) is 0 Å². The Morgan fingerprint density at radius 1 is 1.35 bits per heavy atom. The number of aromatic nitrogens is 2. The fourth-order valence-electron chi connectivity index (χ4n) is 2.43. The number of carbonyl (C=O) groups is 1. The van der Waals surface area contributed by atoms with E-state index in [1.165, 1.54) is 12.5 Å². The van der Waals surface area contributed by atoms with Gasteiger partial charge in [0.2, 0.25) is 5.91 Å². The maximum Gasteiger partial charge on any atom is 0.260 e. The van der Waals surface area contributed by atoms with Gasteiger partial charge in [0.05, 0.1) is 6.33 Å². The first-order valence-electron chi connectivity index (χ1n) is 7.31. The second kappa shape index (κ2) is 5.78. The summed E-state index contributed by atoms with van der Waals surface area (Å²) in [5.41, 5.74) is 1.62. The summed E-state index contributed by atoms with van der Waals surface area (Å²) in [5.74, 6) is -0.365. The molecule has 2 N–H and O–H groups in total. The van der Waals surface area contributed by atoms with Crippen molar-refractivity contribution in [2.24, 2.45) is 0 Å². The molecule has 1 atom stereocenters. The predicted molar refractivity (Wildman–Crippen MR) is 85.5 cm³/mol. The molecule has 2 heterocycles. The third-order valence-corrected chi connectivity index (χ3v) is 5.12. The molecule has 0 saturated carbocycles. The highest BCUT2D eigenvalue weighted by molar-refractivity contribution is 7.89. The Morgan fingerprint density at radius 2 is 2.09 bits per heavy atom. The van der Waals surface area contributed by atoms with E-state index in [1.807, 2.05) is 32.0 Å². The van der Waals surface area contributed by atoms with Crippen LogP contribution in [0.3, 0.4) is 0 Å². The molecule has 1 aliphatic heterocycles. The molecule has 8 heteroatoms. The third-order valence-electron chi connectivity index (χ3n) is 3.76. The van der Waals surface area contributed by atoms with Gasteiger partial charge in [-0.05, 0) is 31.9 Å². The van der Waals surface area contributed by atoms with Crippen LogP contribution in [0.4, 0.5) is 5.69 Å². The first kappa shape index (κ1) is 15.7. The minimum Gasteiger partial charge on any atom is -0.334 e. The highest BCUT2D eigenvalue weighted by atomic mass is 32.2. The van der Waals surface area contributed by atoms with Gasteiger partial charge in [0, 0.05) is 17.9 Å². The highest BCUT2D eigenvalue weighted by Gasteiger charge is 2.31. The number of carbonyl (C=O) groups excluding carboxylic acids is 1. The van der Waals surface area contributed by atoms with E-state index >= 15 is 0 Å². The lowest BCUT2D eigenvalue weighted by Gasteiger charge is -2.24. The number of benzene rings is 1. The lowest BCUT2D eigenvalue weighted by atomic mass is 10.00. The molecule has 0 fully saturated rings. The van der Waals surface area contributed by atoms with Crippen LogP contribution in [0.15, 0.2) is 41.8 Å². The van der Waals surface area contributed by atoms with Gasteiger partial charge in [-0.3, -0.25) is 4.79 Å². The Hall–Kier alpha value is -2.19. The smallest absolute Gasteiger partial charge is 0.260 e. The molecule has 7 nitrogen and oxygen atoms in total. The van der Waals surface area contributed by atoms with Crippen molar-refractivity contribution in [3.63, 3.8) is 0 Å². The van der Waals surface area contributed by atoms with Gasteiger partial charge in [0.15, 0.2) is 5.03 Å². The number of rotatable bonds is 4. The molecule has 0 spiro atoms. The van der Waals surface area contributed by atoms with Crippen molar-refractivity contribution in [1.82, 2.24) is 14.3 Å². The maximum atomic E-state index is 12.4. The molecule has 1 aromatic heterocycles. The van der Waals surface area contributed by atoms with Gasteiger partial charge in [0.25, 0.3) is 10.0 Å². The molecule has 122 valence electrons. The van der Waals surface area contributed by atoms with Crippen LogP contribution in [0.25, 0.3) is 0 Å². The van der Waals surface area contributed by atoms with E-state index in [1.54, 1.807) is 10.6 Å². The third kappa shape index (κ3) is 3.13. The van der Waals surface area contributed by atoms with Crippen LogP contribution in [0.1, 0.15) is 25.5 Å². The van der Waals surface area contributed by atoms with Crippen molar-refractivity contribution in [3.05, 3.63) is 42.4 Å². The van der Waals surface area contributed by atoms with E-state index in [0.29, 0.717) is 6.42 Å². The fraction of sp³-hybridized carbons (Fsp3) is 0.333. The minimum atomic E-state index is -3.85. The molecule has 3 rings (SSSR count). The van der Waals surface area contributed by atoms with Gasteiger partial charge in [-0.2, -0.15) is 4.72 Å². The summed E-state index contributed by atoms with van der Waals surface area (Å²) in [4.78, 5) is 16.0. The van der Waals surface area contributed by atoms with E-state index in [2.05, 4.69) is 15.0 Å². The number of anilines is 1. The molecule has 0 aliphatic carbocycles. The lowest BCUT2D eigenvalue weighted by molar-refractivity contribution is -0.118. The van der Waals surface area contributed by atoms with Crippen molar-refractivity contribution >= 4 is 21.6 Å². The first-order chi connectivity index (χ1) is 10.9. The van der Waals surface area contributed by atoms with E-state index < -0.39 is 16.1 Å². The van der Waals surface area contributed by atoms with Gasteiger partial charge in [0.1, 0.15) is 6.04 Å². The Kier molecular flexibility index (Phi) is 3.95. The van der Waals surface area contributed by atoms with Crippen LogP contribution in [-0.4, -0.2) is 29.9 Å². The Balaban J connectivity index is 1.82. The van der Waals surface area contributed by atoms with Crippen LogP contribution < -0.4 is 10.0 Å². The number of hydrogen-bond donors (Lipinski definition) is 2. The van der Waals surface area contributed by atoms with E-state index in [9.17, 15) is 13.2 Å². The molecular formula is C15H18N4O3S. The molecule has 1 unspecified atom stereocenters. The Labute approximate surface area is 134 Å². The van der Waals surface area contributed by atoms with Crippen LogP contribution >= 0.6 is 0 Å². The highest BCUT2D eigenvalue weighted by Crippen LogP contribution is 2.22. The monoisotopic (exact) mass is 334 g/mol. The summed E-state index contributed by atoms with van der Waals surface area (Å²) < 4.78 is 29.0. The molecule has 1 aliphatic rings. The van der Waals surface area contributed by atoms with E-state index in [-0.39, 0.29) is 17.0 Å². The van der Waals surface area contributed by atoms with Gasteiger partial charge >= 0.3 is 0 Å². The summed E-state index contributed by atoms with van der Waals surface area (Å²) in [6.07, 6.45) is 3.24. The van der Waals surface area contributed by atoms with E-state index in [0.717, 1.165) is 11.3 Å². The average Bonchev–Trinajstić information content (AvgIpc) is 2.99. The molecular weight excluding hydrogens is 316 g/mol. The number of nitrogens with zero attached hydrogens (tertiary/aromatic N) is 2. The van der Waals surface area contributed by atoms with Crippen LogP contribution in [0.2, 0.25) is 0 Å². The summed E-state index contributed by atoms with van der Waals surface area (Å²) in [7, 11) is -3.85. The van der Waals surface area contributed by atoms with Gasteiger partial charge < -0.3 is 9.88 Å². The Bertz CT molecular complexity index is 842. The number of amides is 1. The zero-order valence-corrected chi connectivity index (χ0v) is 13.7. The largest absolute Gasteiger partial charge is 0.334 e. The first-order valence-corrected chi connectivity index (χ1v) is 8.80. The summed E-state index contributed by atoms with van der Waals surface area (Å²) in [5, 5.41) is 2.63. The topological polar surface area (TPSA) is 93.1 Å². The number of imidazole rings is 1. The maximum absolute atomic E-state index is 12.4. The van der Waals surface area contributed by atoms with Crippen LogP contribution in [-0.2, 0) is 21.2 Å². The molecule has 0 bridgehead atoms. The second-order valence-corrected chi connectivity index (χ2v) is 7.44. The lowest BCUT2D eigenvalue weighted by Crippen LogP contribution is -2.47. The number of nitrogens with one attached hydrogen (secondary N) is 2. The summed E-state index contributed by atoms with van der Waals surface area (Å²) in [6, 6.07) is 6.59. The normalized spacial score (nSPS) is 17.9. The summed E-state index contributed by atoms with van der Waals surface area (Å²) in [6.45, 7) is 3.86. The minimum absolute atomic E-state index is 0.0853. The van der Waals surface area contributed by atoms with E-state index in [4.69, 9.17) is 0 Å². The zero-order valence-electron chi connectivity index (χ0n) is 12.9. The molecule has 2 aromatic rings. The Morgan fingerprint density at radius 3 is 2.78 bits per heavy atom. The summed E-state index contributed by atoms with van der Waals surface area (Å²) >= 11 is 0. The predicted octanol–water partition coefficient (Wildman–Crippen LogP) is 1.31. The molecule has 1 amide bonds. The zero-order chi connectivity index (χ0) is 16.6. The fourth-order valence-corrected chi connectivity index (χ4v) is 3.57. The van der Waals surface area contributed by atoms with Crippen molar-refractivity contribution < 1.29 is 13.2 Å². The van der Waals surface area contributed by atoms with Crippen LogP contribution in [0.5, 0.6) is 0 Å². The van der Waals surface area contributed by atoms with Crippen molar-refractivity contribution in [1.29, 1.82) is 0 Å². The number of para-hydroxylation sites is 1. The van der Waals surface area contributed by atoms with Crippen molar-refractivity contribution in [2.75, 3.05) is 5.32 Å². The van der Waals surface area contributed by atoms with Crippen molar-refractivity contribution in [2.45, 2.75) is 37.4 Å². The van der Waals surface area contributed by atoms with Gasteiger partial charge in [-0.25, -0.2) is 13.4 Å². The quantitative estimate of drug-likeness (QED) is 0.881. The average molecular weight is 334 g/mol. The second-order valence-electron chi connectivity index (χ2n) is 5.78. The molecule has 0 saturated heterocycles. The van der Waals surface area contributed by atoms with Gasteiger partial charge in [-0.1, -0.05) is 18.2 Å². The molecule has 1 aromatic carbocycles. The molecule has 23 heavy (non-hydrogen) atoms. The number of hydrogen-bond acceptors (Lipinski definition) is 4. The SMILES string of the molecule is CC(C)n1cnc(S(=O)(=O)NC2Cc3ccccc3NC2=O)c1.